The van der Waals surface area contributed by atoms with E-state index in [1.807, 2.05) is 0 Å². The molecule has 0 aliphatic rings. The van der Waals surface area contributed by atoms with Gasteiger partial charge in [0.25, 0.3) is 0 Å². The lowest BCUT2D eigenvalue weighted by molar-refractivity contribution is 0.683. The Labute approximate surface area is 292 Å². The van der Waals surface area contributed by atoms with E-state index in [0.29, 0.717) is 11.9 Å². The van der Waals surface area contributed by atoms with E-state index >= 15 is 0 Å². The Balaban J connectivity index is 1.32. The predicted molar refractivity (Wildman–Crippen MR) is 204 cm³/mol. The van der Waals surface area contributed by atoms with Gasteiger partial charge >= 0.3 is 0 Å². The maximum Gasteiger partial charge on any atom is 0.238 e. The average molecular weight is 659 g/mol. The molecule has 0 aliphatic heterocycles. The van der Waals surface area contributed by atoms with E-state index in [9.17, 15) is 0 Å². The fourth-order valence-electron chi connectivity index (χ4n) is 6.76. The Morgan fingerprint density at radius 1 is 0.360 bits per heavy atom. The van der Waals surface area contributed by atoms with Gasteiger partial charge in [-0.2, -0.15) is 19.9 Å². The summed E-state index contributed by atoms with van der Waals surface area (Å²) >= 11 is 0. The van der Waals surface area contributed by atoms with Crippen LogP contribution in [0.3, 0.4) is 0 Å². The third-order valence-electron chi connectivity index (χ3n) is 9.46. The molecule has 0 spiro atoms. The van der Waals surface area contributed by atoms with Crippen LogP contribution < -0.4 is 0 Å². The molecule has 0 aliphatic carbocycles. The lowest BCUT2D eigenvalue weighted by atomic mass is 10.0. The molecule has 50 heavy (non-hydrogen) atoms. The van der Waals surface area contributed by atoms with Crippen molar-refractivity contribution in [1.29, 1.82) is 0 Å². The number of para-hydroxylation sites is 2. The first-order valence-electron chi connectivity index (χ1n) is 17.7. The smallest absolute Gasteiger partial charge is 0.238 e. The van der Waals surface area contributed by atoms with Crippen LogP contribution in [-0.4, -0.2) is 39.0 Å². The molecule has 0 saturated heterocycles. The molecule has 8 aromatic rings. The number of rotatable bonds is 7. The maximum atomic E-state index is 4.98. The number of aromatic nitrogens is 8. The number of fused-ring (bicyclic) bond motifs is 6. The molecule has 4 aromatic carbocycles. The molecule has 8 rings (SSSR count). The second-order valence-corrected chi connectivity index (χ2v) is 14.5. The molecule has 4 aromatic heterocycles. The van der Waals surface area contributed by atoms with E-state index in [0.717, 1.165) is 78.0 Å². The summed E-state index contributed by atoms with van der Waals surface area (Å²) in [5.74, 6) is 5.34. The molecule has 0 fully saturated rings. The molecule has 250 valence electrons. The van der Waals surface area contributed by atoms with E-state index < -0.39 is 0 Å². The van der Waals surface area contributed by atoms with Crippen LogP contribution in [0.1, 0.15) is 102 Å². The third kappa shape index (κ3) is 5.21. The Hall–Kier alpha value is -5.50. The van der Waals surface area contributed by atoms with Crippen LogP contribution in [0.25, 0.3) is 66.6 Å². The number of hydrogen-bond acceptors (Lipinski definition) is 6. The normalized spacial score (nSPS) is 12.3. The van der Waals surface area contributed by atoms with Crippen molar-refractivity contribution >= 4 is 43.6 Å². The molecule has 8 nitrogen and oxygen atoms in total. The van der Waals surface area contributed by atoms with Gasteiger partial charge in [-0.05, 0) is 47.5 Å². The van der Waals surface area contributed by atoms with E-state index in [4.69, 9.17) is 29.9 Å². The summed E-state index contributed by atoms with van der Waals surface area (Å²) in [6.07, 6.45) is 0. The van der Waals surface area contributed by atoms with Gasteiger partial charge in [-0.1, -0.05) is 104 Å². The zero-order chi connectivity index (χ0) is 34.8. The molecule has 0 unspecified atom stereocenters. The topological polar surface area (TPSA) is 87.2 Å². The highest BCUT2D eigenvalue weighted by Gasteiger charge is 2.21. The molecule has 8 heteroatoms. The zero-order valence-corrected chi connectivity index (χ0v) is 30.0. The monoisotopic (exact) mass is 658 g/mol. The largest absolute Gasteiger partial charge is 0.278 e. The molecule has 0 N–H and O–H groups in total. The van der Waals surface area contributed by atoms with Gasteiger partial charge in [0.15, 0.2) is 0 Å². The minimum Gasteiger partial charge on any atom is -0.278 e. The highest BCUT2D eigenvalue weighted by molar-refractivity contribution is 6.12. The summed E-state index contributed by atoms with van der Waals surface area (Å²) in [6.45, 7) is 17.0. The van der Waals surface area contributed by atoms with Gasteiger partial charge in [0.2, 0.25) is 11.9 Å². The molecule has 0 bridgehead atoms. The quantitative estimate of drug-likeness (QED) is 0.169. The molecular formula is C42H42N8. The number of nitrogens with zero attached hydrogens (tertiary/aromatic N) is 8. The first kappa shape index (κ1) is 31.7. The molecule has 0 amide bonds. The lowest BCUT2D eigenvalue weighted by Gasteiger charge is -2.13. The van der Waals surface area contributed by atoms with Gasteiger partial charge in [-0.15, -0.1) is 0 Å². The Bertz CT molecular complexity index is 2340. The van der Waals surface area contributed by atoms with Gasteiger partial charge in [0.05, 0.1) is 22.1 Å². The number of benzene rings is 4. The molecular weight excluding hydrogens is 617 g/mol. The summed E-state index contributed by atoms with van der Waals surface area (Å²) in [5.41, 5.74) is 6.58. The van der Waals surface area contributed by atoms with Crippen LogP contribution >= 0.6 is 0 Å². The summed E-state index contributed by atoms with van der Waals surface area (Å²) in [4.78, 5) is 29.5. The average Bonchev–Trinajstić information content (AvgIpc) is 3.63. The Morgan fingerprint density at radius 2 is 0.680 bits per heavy atom. The third-order valence-corrected chi connectivity index (χ3v) is 9.46. The van der Waals surface area contributed by atoms with E-state index in [-0.39, 0.29) is 23.7 Å². The molecule has 0 saturated carbocycles. The Morgan fingerprint density at radius 3 is 1.02 bits per heavy atom. The van der Waals surface area contributed by atoms with Gasteiger partial charge in [0.1, 0.15) is 23.3 Å². The zero-order valence-electron chi connectivity index (χ0n) is 30.0. The Kier molecular flexibility index (Phi) is 7.70. The van der Waals surface area contributed by atoms with Crippen molar-refractivity contribution in [2.45, 2.75) is 79.1 Å². The van der Waals surface area contributed by atoms with Crippen molar-refractivity contribution in [3.05, 3.63) is 108 Å². The first-order valence-corrected chi connectivity index (χ1v) is 17.7. The van der Waals surface area contributed by atoms with Crippen molar-refractivity contribution in [2.75, 3.05) is 0 Å². The fourth-order valence-corrected chi connectivity index (χ4v) is 6.76. The summed E-state index contributed by atoms with van der Waals surface area (Å²) in [7, 11) is 0. The standard InChI is InChI=1S/C42H42N8/c1-23(2)37-43-38(24(3)4)46-41(45-37)49-33-15-11-9-13-29(33)31-21-27(17-19-35(31)49)28-18-20-36-32(22-28)30-14-10-12-16-34(30)50(36)42-47-39(25(5)6)44-40(48-42)26(7)8/h9-26H,1-8H3. The highest BCUT2D eigenvalue weighted by atomic mass is 15.2. The minimum atomic E-state index is 0.189. The van der Waals surface area contributed by atoms with Crippen molar-refractivity contribution in [3.63, 3.8) is 0 Å². The highest BCUT2D eigenvalue weighted by Crippen LogP contribution is 2.38. The number of hydrogen-bond donors (Lipinski definition) is 0. The van der Waals surface area contributed by atoms with E-state index in [2.05, 4.69) is 149 Å². The second kappa shape index (κ2) is 12.1. The molecule has 4 heterocycles. The SMILES string of the molecule is CC(C)c1nc(C(C)C)nc(-n2c3ccccc3c3cc(-c4ccc5c(c4)c4ccccc4n5-c4nc(C(C)C)nc(C(C)C)n4)ccc32)n1. The summed E-state index contributed by atoms with van der Waals surface area (Å²) < 4.78 is 4.38. The van der Waals surface area contributed by atoms with Gasteiger partial charge in [-0.25, -0.2) is 9.97 Å². The van der Waals surface area contributed by atoms with Crippen LogP contribution in [-0.2, 0) is 0 Å². The van der Waals surface area contributed by atoms with Crippen LogP contribution in [0.4, 0.5) is 0 Å². The fraction of sp³-hybridized carbons (Fsp3) is 0.286. The van der Waals surface area contributed by atoms with E-state index in [1.54, 1.807) is 0 Å². The van der Waals surface area contributed by atoms with Gasteiger partial charge in [0, 0.05) is 45.2 Å². The summed E-state index contributed by atoms with van der Waals surface area (Å²) in [5, 5.41) is 4.64. The van der Waals surface area contributed by atoms with Gasteiger partial charge < -0.3 is 0 Å². The van der Waals surface area contributed by atoms with Crippen LogP contribution in [0.5, 0.6) is 0 Å². The van der Waals surface area contributed by atoms with E-state index in [1.165, 1.54) is 0 Å². The molecule has 0 atom stereocenters. The summed E-state index contributed by atoms with van der Waals surface area (Å²) in [6, 6.07) is 30.5. The van der Waals surface area contributed by atoms with Crippen LogP contribution in [0.2, 0.25) is 0 Å². The van der Waals surface area contributed by atoms with Crippen molar-refractivity contribution in [1.82, 2.24) is 39.0 Å². The van der Waals surface area contributed by atoms with Crippen molar-refractivity contribution in [3.8, 4) is 23.0 Å². The van der Waals surface area contributed by atoms with Crippen molar-refractivity contribution in [2.24, 2.45) is 0 Å². The first-order chi connectivity index (χ1) is 24.1. The lowest BCUT2D eigenvalue weighted by Crippen LogP contribution is -2.12. The maximum absolute atomic E-state index is 4.98. The second-order valence-electron chi connectivity index (χ2n) is 14.5. The van der Waals surface area contributed by atoms with Crippen LogP contribution in [0.15, 0.2) is 84.9 Å². The predicted octanol–water partition coefficient (Wildman–Crippen LogP) is 10.4. The van der Waals surface area contributed by atoms with Gasteiger partial charge in [-0.3, -0.25) is 9.13 Å². The van der Waals surface area contributed by atoms with Crippen LogP contribution in [0, 0.1) is 0 Å². The minimum absolute atomic E-state index is 0.189. The molecule has 0 radical (unpaired) electrons. The van der Waals surface area contributed by atoms with Crippen molar-refractivity contribution < 1.29 is 0 Å².